The van der Waals surface area contributed by atoms with Crippen LogP contribution in [0.3, 0.4) is 0 Å². The second-order valence-electron chi connectivity index (χ2n) is 4.56. The number of aromatic amines is 1. The van der Waals surface area contributed by atoms with Gasteiger partial charge in [-0.1, -0.05) is 12.1 Å². The smallest absolute Gasteiger partial charge is 0.112 e. The molecular formula is C14H10N4S. The number of H-pyrrole nitrogens is 1. The molecule has 0 amide bonds. The van der Waals surface area contributed by atoms with E-state index in [4.69, 9.17) is 0 Å². The van der Waals surface area contributed by atoms with Crippen LogP contribution < -0.4 is 0 Å². The summed E-state index contributed by atoms with van der Waals surface area (Å²) < 4.78 is 8.74. The average Bonchev–Trinajstić information content (AvgIpc) is 3.05. The first kappa shape index (κ1) is 10.6. The third kappa shape index (κ3) is 1.55. The van der Waals surface area contributed by atoms with Crippen molar-refractivity contribution in [3.63, 3.8) is 0 Å². The highest BCUT2D eigenvalue weighted by atomic mass is 32.1. The van der Waals surface area contributed by atoms with E-state index in [1.54, 1.807) is 0 Å². The van der Waals surface area contributed by atoms with Crippen LogP contribution in [-0.4, -0.2) is 18.9 Å². The Balaban J connectivity index is 2.07. The van der Waals surface area contributed by atoms with Gasteiger partial charge in [-0.3, -0.25) is 5.10 Å². The molecule has 19 heavy (non-hydrogen) atoms. The Kier molecular flexibility index (Phi) is 2.16. The molecule has 0 saturated carbocycles. The lowest BCUT2D eigenvalue weighted by Gasteiger charge is -2.06. The molecule has 0 atom stereocenters. The number of aromatic nitrogens is 4. The molecule has 0 aliphatic heterocycles. The topological polar surface area (TPSA) is 54.5 Å². The quantitative estimate of drug-likeness (QED) is 0.573. The van der Waals surface area contributed by atoms with Gasteiger partial charge in [0, 0.05) is 10.9 Å². The number of fused-ring (bicyclic) bond motifs is 2. The minimum atomic E-state index is 0.956. The fraction of sp³-hybridized carbons (Fsp3) is 0.0714. The summed E-state index contributed by atoms with van der Waals surface area (Å²) in [4.78, 5) is 0. The molecule has 0 saturated heterocycles. The lowest BCUT2D eigenvalue weighted by atomic mass is 9.98. The number of hydrogen-bond acceptors (Lipinski definition) is 4. The summed E-state index contributed by atoms with van der Waals surface area (Å²) in [5.41, 5.74) is 6.51. The number of benzene rings is 2. The summed E-state index contributed by atoms with van der Waals surface area (Å²) in [5.74, 6) is 0. The SMILES string of the molecule is Cc1ccc2nsnc2c1-c1ccc2[nH]ncc2c1. The second kappa shape index (κ2) is 3.86. The molecule has 2 aromatic carbocycles. The average molecular weight is 266 g/mol. The van der Waals surface area contributed by atoms with Crippen LogP contribution in [0, 0.1) is 6.92 Å². The van der Waals surface area contributed by atoms with Crippen LogP contribution in [0.5, 0.6) is 0 Å². The van der Waals surface area contributed by atoms with Crippen molar-refractivity contribution < 1.29 is 0 Å². The molecule has 0 spiro atoms. The normalized spacial score (nSPS) is 11.4. The molecule has 4 nitrogen and oxygen atoms in total. The van der Waals surface area contributed by atoms with Gasteiger partial charge in [0.05, 0.1) is 23.4 Å². The predicted octanol–water partition coefficient (Wildman–Crippen LogP) is 3.54. The van der Waals surface area contributed by atoms with Crippen LogP contribution >= 0.6 is 11.7 Å². The first-order chi connectivity index (χ1) is 9.33. The lowest BCUT2D eigenvalue weighted by Crippen LogP contribution is -1.86. The predicted molar refractivity (Wildman–Crippen MR) is 77.2 cm³/mol. The van der Waals surface area contributed by atoms with Gasteiger partial charge in [0.1, 0.15) is 11.0 Å². The summed E-state index contributed by atoms with van der Waals surface area (Å²) in [6.07, 6.45) is 1.84. The van der Waals surface area contributed by atoms with Crippen LogP contribution in [-0.2, 0) is 0 Å². The maximum absolute atomic E-state index is 4.43. The highest BCUT2D eigenvalue weighted by Crippen LogP contribution is 2.32. The standard InChI is InChI=1S/C14H10N4S/c1-8-2-4-12-14(18-19-17-12)13(8)9-3-5-11-10(6-9)7-15-16-11/h2-7H,1H3,(H,15,16). The van der Waals surface area contributed by atoms with E-state index < -0.39 is 0 Å². The molecule has 0 bridgehead atoms. The van der Waals surface area contributed by atoms with Crippen LogP contribution in [0.25, 0.3) is 33.1 Å². The Morgan fingerprint density at radius 2 is 2.05 bits per heavy atom. The highest BCUT2D eigenvalue weighted by Gasteiger charge is 2.11. The number of rotatable bonds is 1. The van der Waals surface area contributed by atoms with Crippen molar-refractivity contribution >= 4 is 33.7 Å². The molecule has 92 valence electrons. The maximum Gasteiger partial charge on any atom is 0.112 e. The van der Waals surface area contributed by atoms with Gasteiger partial charge >= 0.3 is 0 Å². The van der Waals surface area contributed by atoms with E-state index in [-0.39, 0.29) is 0 Å². The van der Waals surface area contributed by atoms with Crippen LogP contribution in [0.1, 0.15) is 5.56 Å². The molecule has 0 radical (unpaired) electrons. The summed E-state index contributed by atoms with van der Waals surface area (Å²) in [5, 5.41) is 8.14. The molecule has 0 aliphatic carbocycles. The molecule has 1 N–H and O–H groups in total. The Morgan fingerprint density at radius 1 is 1.11 bits per heavy atom. The molecule has 0 aliphatic rings. The van der Waals surface area contributed by atoms with Gasteiger partial charge in [0.15, 0.2) is 0 Å². The minimum Gasteiger partial charge on any atom is -0.278 e. The molecule has 2 heterocycles. The summed E-state index contributed by atoms with van der Waals surface area (Å²) in [6, 6.07) is 10.4. The minimum absolute atomic E-state index is 0.956. The van der Waals surface area contributed by atoms with Crippen molar-refractivity contribution in [2.75, 3.05) is 0 Å². The van der Waals surface area contributed by atoms with E-state index in [9.17, 15) is 0 Å². The van der Waals surface area contributed by atoms with Crippen molar-refractivity contribution in [3.8, 4) is 11.1 Å². The molecule has 4 rings (SSSR count). The van der Waals surface area contributed by atoms with Crippen LogP contribution in [0.4, 0.5) is 0 Å². The van der Waals surface area contributed by atoms with E-state index in [1.165, 1.54) is 17.3 Å². The first-order valence-corrected chi connectivity index (χ1v) is 6.71. The van der Waals surface area contributed by atoms with Crippen molar-refractivity contribution in [2.45, 2.75) is 6.92 Å². The van der Waals surface area contributed by atoms with Gasteiger partial charge in [-0.2, -0.15) is 13.8 Å². The fourth-order valence-electron chi connectivity index (χ4n) is 2.41. The van der Waals surface area contributed by atoms with E-state index in [0.717, 1.165) is 33.1 Å². The zero-order valence-electron chi connectivity index (χ0n) is 10.2. The monoisotopic (exact) mass is 266 g/mol. The molecule has 2 aromatic heterocycles. The molecule has 4 aromatic rings. The Labute approximate surface area is 113 Å². The van der Waals surface area contributed by atoms with Crippen molar-refractivity contribution in [3.05, 3.63) is 42.1 Å². The second-order valence-corrected chi connectivity index (χ2v) is 5.09. The van der Waals surface area contributed by atoms with Gasteiger partial charge in [-0.25, -0.2) is 0 Å². The third-order valence-electron chi connectivity index (χ3n) is 3.37. The van der Waals surface area contributed by atoms with E-state index in [2.05, 4.69) is 50.1 Å². The third-order valence-corrected chi connectivity index (χ3v) is 3.91. The molecule has 5 heteroatoms. The number of nitrogens with one attached hydrogen (secondary N) is 1. The van der Waals surface area contributed by atoms with Gasteiger partial charge in [0.25, 0.3) is 0 Å². The zero-order chi connectivity index (χ0) is 12.8. The summed E-state index contributed by atoms with van der Waals surface area (Å²) in [6.45, 7) is 2.10. The van der Waals surface area contributed by atoms with Gasteiger partial charge in [0.2, 0.25) is 0 Å². The number of aryl methyl sites for hydroxylation is 1. The van der Waals surface area contributed by atoms with Crippen LogP contribution in [0.15, 0.2) is 36.5 Å². The molecule has 0 fully saturated rings. The first-order valence-electron chi connectivity index (χ1n) is 5.98. The van der Waals surface area contributed by atoms with Crippen LogP contribution in [0.2, 0.25) is 0 Å². The zero-order valence-corrected chi connectivity index (χ0v) is 11.0. The van der Waals surface area contributed by atoms with Gasteiger partial charge < -0.3 is 0 Å². The number of hydrogen-bond donors (Lipinski definition) is 1. The summed E-state index contributed by atoms with van der Waals surface area (Å²) in [7, 11) is 0. The fourth-order valence-corrected chi connectivity index (χ4v) is 2.96. The molecule has 0 unspecified atom stereocenters. The van der Waals surface area contributed by atoms with E-state index in [1.807, 2.05) is 12.3 Å². The van der Waals surface area contributed by atoms with Gasteiger partial charge in [-0.05, 0) is 36.2 Å². The highest BCUT2D eigenvalue weighted by molar-refractivity contribution is 7.00. The Bertz CT molecular complexity index is 891. The van der Waals surface area contributed by atoms with Crippen molar-refractivity contribution in [1.82, 2.24) is 18.9 Å². The summed E-state index contributed by atoms with van der Waals surface area (Å²) >= 11 is 1.26. The lowest BCUT2D eigenvalue weighted by molar-refractivity contribution is 1.12. The van der Waals surface area contributed by atoms with E-state index in [0.29, 0.717) is 0 Å². The Morgan fingerprint density at radius 3 is 3.00 bits per heavy atom. The van der Waals surface area contributed by atoms with Crippen molar-refractivity contribution in [1.29, 1.82) is 0 Å². The van der Waals surface area contributed by atoms with Gasteiger partial charge in [-0.15, -0.1) is 0 Å². The molecular weight excluding hydrogens is 256 g/mol. The number of nitrogens with zero attached hydrogens (tertiary/aromatic N) is 3. The Hall–Kier alpha value is -2.27. The van der Waals surface area contributed by atoms with E-state index >= 15 is 0 Å². The van der Waals surface area contributed by atoms with Crippen molar-refractivity contribution in [2.24, 2.45) is 0 Å². The largest absolute Gasteiger partial charge is 0.278 e. The maximum atomic E-state index is 4.43.